The summed E-state index contributed by atoms with van der Waals surface area (Å²) in [5.74, 6) is -3.54. The van der Waals surface area contributed by atoms with Gasteiger partial charge >= 0.3 is 33.5 Å². The van der Waals surface area contributed by atoms with E-state index < -0.39 is 58.0 Å². The molecule has 1 fully saturated rings. The Hall–Kier alpha value is -3.45. The smallest absolute Gasteiger partial charge is 0.458 e. The summed E-state index contributed by atoms with van der Waals surface area (Å²) < 4.78 is 81.4. The van der Waals surface area contributed by atoms with Crippen molar-refractivity contribution >= 4 is 28.0 Å². The normalized spacial score (nSPS) is 22.6. The maximum absolute atomic E-state index is 12.9. The number of benzene rings is 2. The van der Waals surface area contributed by atoms with Gasteiger partial charge in [0.25, 0.3) is 0 Å². The Morgan fingerprint density at radius 2 is 1.47 bits per heavy atom. The number of hydrogen-bond donors (Lipinski definition) is 0. The lowest BCUT2D eigenvalue weighted by Gasteiger charge is -2.28. The molecule has 0 N–H and O–H groups in total. The van der Waals surface area contributed by atoms with Crippen molar-refractivity contribution in [2.75, 3.05) is 6.61 Å². The van der Waals surface area contributed by atoms with Crippen LogP contribution >= 0.6 is 0 Å². The second-order valence-corrected chi connectivity index (χ2v) is 8.73. The average Bonchev–Trinajstić information content (AvgIpc) is 3.01. The van der Waals surface area contributed by atoms with Gasteiger partial charge in [-0.15, -0.1) is 0 Å². The lowest BCUT2D eigenvalue weighted by molar-refractivity contribution is -0.154. The Bertz CT molecular complexity index is 1170. The van der Waals surface area contributed by atoms with Gasteiger partial charge < -0.3 is 14.2 Å². The Balaban J connectivity index is 1.89. The molecule has 34 heavy (non-hydrogen) atoms. The Labute approximate surface area is 191 Å². The minimum Gasteiger partial charge on any atom is -0.458 e. The third-order valence-electron chi connectivity index (χ3n) is 4.74. The zero-order valence-corrected chi connectivity index (χ0v) is 18.2. The number of carbonyl (C=O) groups excluding carboxylic acids is 3. The number of rotatable bonds is 7. The van der Waals surface area contributed by atoms with Crippen LogP contribution in [0, 0.1) is 0 Å². The molecule has 0 aromatic heterocycles. The molecule has 9 nitrogen and oxygen atoms in total. The molecule has 0 radical (unpaired) electrons. The summed E-state index contributed by atoms with van der Waals surface area (Å²) in [7, 11) is -6.30. The van der Waals surface area contributed by atoms with Crippen LogP contribution in [0.5, 0.6) is 0 Å². The van der Waals surface area contributed by atoms with E-state index >= 15 is 0 Å². The summed E-state index contributed by atoms with van der Waals surface area (Å²) in [5, 5.41) is 0. The van der Waals surface area contributed by atoms with Crippen LogP contribution in [0.4, 0.5) is 13.2 Å². The van der Waals surface area contributed by atoms with Gasteiger partial charge in [-0.1, -0.05) is 36.4 Å². The van der Waals surface area contributed by atoms with E-state index in [0.717, 1.165) is 0 Å². The topological polar surface area (TPSA) is 122 Å². The molecule has 1 aliphatic rings. The third-order valence-corrected chi connectivity index (χ3v) is 5.87. The summed E-state index contributed by atoms with van der Waals surface area (Å²) in [6, 6.07) is 14.7. The van der Waals surface area contributed by atoms with Crippen molar-refractivity contribution in [1.82, 2.24) is 0 Å². The van der Waals surface area contributed by atoms with Crippen LogP contribution in [0.2, 0.25) is 0 Å². The van der Waals surface area contributed by atoms with Crippen LogP contribution in [0.15, 0.2) is 60.7 Å². The average molecular weight is 502 g/mol. The van der Waals surface area contributed by atoms with E-state index in [-0.39, 0.29) is 11.1 Å². The van der Waals surface area contributed by atoms with E-state index in [2.05, 4.69) is 4.18 Å². The first-order valence-corrected chi connectivity index (χ1v) is 11.0. The third kappa shape index (κ3) is 5.20. The van der Waals surface area contributed by atoms with Crippen molar-refractivity contribution in [2.45, 2.75) is 30.2 Å². The van der Waals surface area contributed by atoms with Gasteiger partial charge in [0.1, 0.15) is 6.61 Å². The Morgan fingerprint density at radius 1 is 0.971 bits per heavy atom. The largest absolute Gasteiger partial charge is 0.523 e. The van der Waals surface area contributed by atoms with Crippen LogP contribution in [0.25, 0.3) is 0 Å². The quantitative estimate of drug-likeness (QED) is 0.243. The van der Waals surface area contributed by atoms with Gasteiger partial charge in [0.15, 0.2) is 12.2 Å². The molecule has 0 unspecified atom stereocenters. The standard InChI is InChI=1S/C21H17F3O9S/c1-20(33-34(28,29)21(22,23)24)16(32-18(26)14-10-6-3-7-11-14)15(31-19(20)27)12-30-17(25)13-8-4-2-5-9-13/h2-11,15-16H,12H2,1H3/t15-,16-,20-/m1/s1. The fourth-order valence-corrected chi connectivity index (χ4v) is 3.74. The fraction of sp³-hybridized carbons (Fsp3) is 0.286. The number of cyclic esters (lactones) is 1. The van der Waals surface area contributed by atoms with Crippen LogP contribution in [0.1, 0.15) is 27.6 Å². The highest BCUT2D eigenvalue weighted by Gasteiger charge is 2.64. The monoisotopic (exact) mass is 502 g/mol. The van der Waals surface area contributed by atoms with Crippen molar-refractivity contribution < 1.29 is 54.4 Å². The highest BCUT2D eigenvalue weighted by atomic mass is 32.2. The molecule has 0 aliphatic carbocycles. The highest BCUT2D eigenvalue weighted by Crippen LogP contribution is 2.38. The summed E-state index contributed by atoms with van der Waals surface area (Å²) in [4.78, 5) is 37.2. The molecule has 13 heteroatoms. The zero-order valence-electron chi connectivity index (χ0n) is 17.4. The van der Waals surface area contributed by atoms with Gasteiger partial charge in [0.05, 0.1) is 11.1 Å². The van der Waals surface area contributed by atoms with Crippen molar-refractivity contribution in [3.8, 4) is 0 Å². The molecular formula is C21H17F3O9S. The van der Waals surface area contributed by atoms with Crippen molar-refractivity contribution in [2.24, 2.45) is 0 Å². The molecule has 2 aromatic rings. The number of ether oxygens (including phenoxy) is 3. The molecule has 2 aromatic carbocycles. The van der Waals surface area contributed by atoms with Gasteiger partial charge in [-0.25, -0.2) is 18.6 Å². The minimum absolute atomic E-state index is 0.0529. The summed E-state index contributed by atoms with van der Waals surface area (Å²) in [6.45, 7) is -0.0994. The SMILES string of the molecule is C[C@]1(OS(=O)(=O)C(F)(F)F)C(=O)O[C@H](COC(=O)c2ccccc2)[C@H]1OC(=O)c1ccccc1. The number of carbonyl (C=O) groups is 3. The Morgan fingerprint density at radius 3 is 1.97 bits per heavy atom. The molecule has 0 bridgehead atoms. The lowest BCUT2D eigenvalue weighted by atomic mass is 9.98. The maximum atomic E-state index is 12.9. The first kappa shape index (κ1) is 25.2. The first-order valence-electron chi connectivity index (χ1n) is 9.56. The number of hydrogen-bond acceptors (Lipinski definition) is 9. The predicted molar refractivity (Wildman–Crippen MR) is 107 cm³/mol. The molecule has 3 atom stereocenters. The summed E-state index contributed by atoms with van der Waals surface area (Å²) in [5.41, 5.74) is -8.73. The van der Waals surface area contributed by atoms with E-state index in [9.17, 15) is 36.0 Å². The van der Waals surface area contributed by atoms with Crippen molar-refractivity contribution in [1.29, 1.82) is 0 Å². The predicted octanol–water partition coefficient (Wildman–Crippen LogP) is 2.62. The van der Waals surface area contributed by atoms with Crippen LogP contribution in [-0.2, 0) is 33.3 Å². The van der Waals surface area contributed by atoms with Crippen molar-refractivity contribution in [3.05, 3.63) is 71.8 Å². The van der Waals surface area contributed by atoms with Crippen molar-refractivity contribution in [3.63, 3.8) is 0 Å². The van der Waals surface area contributed by atoms with E-state index in [4.69, 9.17) is 14.2 Å². The van der Waals surface area contributed by atoms with Gasteiger partial charge in [-0.3, -0.25) is 0 Å². The van der Waals surface area contributed by atoms with Crippen LogP contribution < -0.4 is 0 Å². The molecule has 1 aliphatic heterocycles. The van der Waals surface area contributed by atoms with Gasteiger partial charge in [-0.2, -0.15) is 21.6 Å². The van der Waals surface area contributed by atoms with Crippen LogP contribution in [-0.4, -0.2) is 56.2 Å². The van der Waals surface area contributed by atoms with E-state index in [1.807, 2.05) is 0 Å². The molecular weight excluding hydrogens is 485 g/mol. The van der Waals surface area contributed by atoms with Gasteiger partial charge in [-0.05, 0) is 31.2 Å². The van der Waals surface area contributed by atoms with E-state index in [1.165, 1.54) is 36.4 Å². The van der Waals surface area contributed by atoms with E-state index in [1.54, 1.807) is 24.3 Å². The molecule has 0 spiro atoms. The highest BCUT2D eigenvalue weighted by molar-refractivity contribution is 7.87. The maximum Gasteiger partial charge on any atom is 0.523 e. The number of esters is 3. The molecule has 1 heterocycles. The summed E-state index contributed by atoms with van der Waals surface area (Å²) in [6.07, 6.45) is -3.69. The zero-order chi connectivity index (χ0) is 25.1. The molecule has 0 amide bonds. The Kier molecular flexibility index (Phi) is 6.98. The number of halogens is 3. The van der Waals surface area contributed by atoms with Crippen LogP contribution in [0.3, 0.4) is 0 Å². The molecule has 3 rings (SSSR count). The van der Waals surface area contributed by atoms with Gasteiger partial charge in [0, 0.05) is 0 Å². The fourth-order valence-electron chi connectivity index (χ4n) is 3.03. The molecule has 182 valence electrons. The molecule has 1 saturated heterocycles. The second-order valence-electron chi connectivity index (χ2n) is 7.19. The second kappa shape index (κ2) is 9.43. The number of alkyl halides is 3. The van der Waals surface area contributed by atoms with E-state index in [0.29, 0.717) is 6.92 Å². The summed E-state index contributed by atoms with van der Waals surface area (Å²) >= 11 is 0. The minimum atomic E-state index is -6.30. The van der Waals surface area contributed by atoms with Gasteiger partial charge in [0.2, 0.25) is 5.60 Å². The first-order chi connectivity index (χ1) is 15.8. The molecule has 0 saturated carbocycles. The lowest BCUT2D eigenvalue weighted by Crippen LogP contribution is -2.52.